The molecule has 1 atom stereocenters. The topological polar surface area (TPSA) is 50.7 Å². The summed E-state index contributed by atoms with van der Waals surface area (Å²) in [6.45, 7) is 4.00. The Bertz CT molecular complexity index is 545. The van der Waals surface area contributed by atoms with E-state index in [4.69, 9.17) is 9.47 Å². The first-order chi connectivity index (χ1) is 10.7. The number of ether oxygens (including phenoxy) is 2. The summed E-state index contributed by atoms with van der Waals surface area (Å²) in [5.74, 6) is 1.64. The summed E-state index contributed by atoms with van der Waals surface area (Å²) >= 11 is 0. The largest absolute Gasteiger partial charge is 0.492 e. The van der Waals surface area contributed by atoms with E-state index < -0.39 is 6.10 Å². The molecule has 22 heavy (non-hydrogen) atoms. The van der Waals surface area contributed by atoms with Gasteiger partial charge in [0.1, 0.15) is 30.8 Å². The van der Waals surface area contributed by atoms with Crippen molar-refractivity contribution in [1.82, 2.24) is 5.32 Å². The second-order valence-corrected chi connectivity index (χ2v) is 5.15. The lowest BCUT2D eigenvalue weighted by Crippen LogP contribution is -2.33. The highest BCUT2D eigenvalue weighted by molar-refractivity contribution is 5.27. The first-order valence-corrected chi connectivity index (χ1v) is 7.50. The van der Waals surface area contributed by atoms with Crippen molar-refractivity contribution >= 4 is 0 Å². The first-order valence-electron chi connectivity index (χ1n) is 7.50. The first kappa shape index (κ1) is 16.3. The number of benzene rings is 2. The van der Waals surface area contributed by atoms with Gasteiger partial charge in [-0.25, -0.2) is 0 Å². The van der Waals surface area contributed by atoms with Crippen LogP contribution in [0.5, 0.6) is 11.5 Å². The maximum Gasteiger partial charge on any atom is 0.119 e. The van der Waals surface area contributed by atoms with Crippen LogP contribution in [0, 0.1) is 6.92 Å². The standard InChI is InChI=1S/C18H23NO3/c1-15-6-5-9-18(12-15)22-14-16(20)13-19-10-11-21-17-7-3-2-4-8-17/h2-9,12,16,19-20H,10-11,13-14H2,1H3. The molecule has 0 heterocycles. The van der Waals surface area contributed by atoms with Crippen molar-refractivity contribution in [3.05, 3.63) is 60.2 Å². The van der Waals surface area contributed by atoms with E-state index in [1.54, 1.807) is 0 Å². The van der Waals surface area contributed by atoms with Crippen LogP contribution in [0.25, 0.3) is 0 Å². The zero-order valence-electron chi connectivity index (χ0n) is 12.9. The van der Waals surface area contributed by atoms with Crippen LogP contribution in [-0.4, -0.2) is 37.5 Å². The molecular formula is C18H23NO3. The molecular weight excluding hydrogens is 278 g/mol. The fourth-order valence-electron chi connectivity index (χ4n) is 1.98. The highest BCUT2D eigenvalue weighted by atomic mass is 16.5. The highest BCUT2D eigenvalue weighted by Gasteiger charge is 2.05. The maximum absolute atomic E-state index is 9.87. The van der Waals surface area contributed by atoms with Crippen LogP contribution in [-0.2, 0) is 0 Å². The molecule has 0 saturated carbocycles. The lowest BCUT2D eigenvalue weighted by atomic mass is 10.2. The van der Waals surface area contributed by atoms with E-state index in [2.05, 4.69) is 5.32 Å². The molecule has 4 heteroatoms. The lowest BCUT2D eigenvalue weighted by molar-refractivity contribution is 0.105. The third-order valence-corrected chi connectivity index (χ3v) is 3.10. The Hall–Kier alpha value is -2.04. The van der Waals surface area contributed by atoms with E-state index in [0.717, 1.165) is 17.1 Å². The third-order valence-electron chi connectivity index (χ3n) is 3.10. The number of nitrogens with one attached hydrogen (secondary N) is 1. The molecule has 0 amide bonds. The molecule has 2 aromatic carbocycles. The Morgan fingerprint density at radius 2 is 1.77 bits per heavy atom. The van der Waals surface area contributed by atoms with Crippen LogP contribution in [0.4, 0.5) is 0 Å². The van der Waals surface area contributed by atoms with Crippen molar-refractivity contribution in [2.75, 3.05) is 26.3 Å². The molecule has 0 aliphatic rings. The van der Waals surface area contributed by atoms with E-state index in [-0.39, 0.29) is 6.61 Å². The molecule has 0 spiro atoms. The SMILES string of the molecule is Cc1cccc(OCC(O)CNCCOc2ccccc2)c1. The van der Waals surface area contributed by atoms with Gasteiger partial charge < -0.3 is 19.9 Å². The van der Waals surface area contributed by atoms with Crippen molar-refractivity contribution in [1.29, 1.82) is 0 Å². The molecule has 2 rings (SSSR count). The van der Waals surface area contributed by atoms with Crippen molar-refractivity contribution < 1.29 is 14.6 Å². The van der Waals surface area contributed by atoms with Crippen molar-refractivity contribution in [2.24, 2.45) is 0 Å². The summed E-state index contributed by atoms with van der Waals surface area (Å²) in [4.78, 5) is 0. The molecule has 0 bridgehead atoms. The van der Waals surface area contributed by atoms with Gasteiger partial charge in [-0.15, -0.1) is 0 Å². The molecule has 118 valence electrons. The van der Waals surface area contributed by atoms with Crippen LogP contribution in [0.15, 0.2) is 54.6 Å². The monoisotopic (exact) mass is 301 g/mol. The predicted molar refractivity (Wildman–Crippen MR) is 87.5 cm³/mol. The fourth-order valence-corrected chi connectivity index (χ4v) is 1.98. The van der Waals surface area contributed by atoms with Gasteiger partial charge in [0, 0.05) is 13.1 Å². The Labute approximate surface area is 131 Å². The summed E-state index contributed by atoms with van der Waals surface area (Å²) in [5.41, 5.74) is 1.14. The van der Waals surface area contributed by atoms with Crippen molar-refractivity contribution in [2.45, 2.75) is 13.0 Å². The zero-order valence-corrected chi connectivity index (χ0v) is 12.9. The number of hydrogen-bond donors (Lipinski definition) is 2. The number of aliphatic hydroxyl groups is 1. The molecule has 1 unspecified atom stereocenters. The molecule has 4 nitrogen and oxygen atoms in total. The van der Waals surface area contributed by atoms with Gasteiger partial charge in [-0.1, -0.05) is 30.3 Å². The lowest BCUT2D eigenvalue weighted by Gasteiger charge is -2.14. The normalized spacial score (nSPS) is 11.9. The summed E-state index contributed by atoms with van der Waals surface area (Å²) in [6.07, 6.45) is -0.544. The second-order valence-electron chi connectivity index (χ2n) is 5.15. The molecule has 2 aromatic rings. The summed E-state index contributed by atoms with van der Waals surface area (Å²) in [5, 5.41) is 13.0. The smallest absolute Gasteiger partial charge is 0.119 e. The fraction of sp³-hybridized carbons (Fsp3) is 0.333. The third kappa shape index (κ3) is 6.16. The van der Waals surface area contributed by atoms with E-state index in [1.807, 2.05) is 61.5 Å². The Morgan fingerprint density at radius 3 is 2.55 bits per heavy atom. The van der Waals surface area contributed by atoms with E-state index in [1.165, 1.54) is 0 Å². The molecule has 0 aliphatic heterocycles. The number of aryl methyl sites for hydroxylation is 1. The number of hydrogen-bond acceptors (Lipinski definition) is 4. The summed E-state index contributed by atoms with van der Waals surface area (Å²) in [6, 6.07) is 17.5. The number of para-hydroxylation sites is 1. The van der Waals surface area contributed by atoms with Crippen molar-refractivity contribution in [3.63, 3.8) is 0 Å². The quantitative estimate of drug-likeness (QED) is 0.698. The van der Waals surface area contributed by atoms with Crippen LogP contribution in [0.1, 0.15) is 5.56 Å². The number of aliphatic hydroxyl groups excluding tert-OH is 1. The predicted octanol–water partition coefficient (Wildman–Crippen LogP) is 2.40. The summed E-state index contributed by atoms with van der Waals surface area (Å²) in [7, 11) is 0. The minimum absolute atomic E-state index is 0.274. The minimum atomic E-state index is -0.544. The average molecular weight is 301 g/mol. The van der Waals surface area contributed by atoms with Gasteiger partial charge in [0.2, 0.25) is 0 Å². The van der Waals surface area contributed by atoms with E-state index >= 15 is 0 Å². The summed E-state index contributed by atoms with van der Waals surface area (Å²) < 4.78 is 11.1. The minimum Gasteiger partial charge on any atom is -0.492 e. The van der Waals surface area contributed by atoms with Crippen LogP contribution in [0.2, 0.25) is 0 Å². The van der Waals surface area contributed by atoms with Gasteiger partial charge in [0.25, 0.3) is 0 Å². The highest BCUT2D eigenvalue weighted by Crippen LogP contribution is 2.12. The van der Waals surface area contributed by atoms with E-state index in [9.17, 15) is 5.11 Å². The van der Waals surface area contributed by atoms with E-state index in [0.29, 0.717) is 19.7 Å². The zero-order chi connectivity index (χ0) is 15.6. The molecule has 0 aromatic heterocycles. The van der Waals surface area contributed by atoms with Gasteiger partial charge in [-0.05, 0) is 36.8 Å². The molecule has 0 radical (unpaired) electrons. The van der Waals surface area contributed by atoms with Crippen LogP contribution >= 0.6 is 0 Å². The second kappa shape index (κ2) is 9.07. The van der Waals surface area contributed by atoms with Gasteiger partial charge in [-0.2, -0.15) is 0 Å². The number of rotatable bonds is 9. The van der Waals surface area contributed by atoms with Gasteiger partial charge in [0.15, 0.2) is 0 Å². The van der Waals surface area contributed by atoms with Crippen LogP contribution in [0.3, 0.4) is 0 Å². The molecule has 0 aliphatic carbocycles. The Kier molecular flexibility index (Phi) is 6.74. The molecule has 0 fully saturated rings. The van der Waals surface area contributed by atoms with Crippen LogP contribution < -0.4 is 14.8 Å². The van der Waals surface area contributed by atoms with Gasteiger partial charge >= 0.3 is 0 Å². The van der Waals surface area contributed by atoms with Crippen molar-refractivity contribution in [3.8, 4) is 11.5 Å². The van der Waals surface area contributed by atoms with Gasteiger partial charge in [-0.3, -0.25) is 0 Å². The molecule has 2 N–H and O–H groups in total. The molecule has 0 saturated heterocycles. The maximum atomic E-state index is 9.87. The Morgan fingerprint density at radius 1 is 1.00 bits per heavy atom. The average Bonchev–Trinajstić information content (AvgIpc) is 2.54. The Balaban J connectivity index is 1.55. The van der Waals surface area contributed by atoms with Gasteiger partial charge in [0.05, 0.1) is 0 Å².